The first kappa shape index (κ1) is 13.3. The number of nitrogens with zero attached hydrogens (tertiary/aromatic N) is 2. The van der Waals surface area contributed by atoms with Crippen molar-refractivity contribution in [1.29, 1.82) is 0 Å². The standard InChI is InChI=1S/C14H28N2O/c1-13-11-15(12-14-5-3-4-6-14)7-8-16(13)9-10-17-2/h13-14H,3-12H2,1-2H3. The molecule has 1 saturated carbocycles. The molecule has 2 fully saturated rings. The van der Waals surface area contributed by atoms with Crippen molar-refractivity contribution in [2.24, 2.45) is 5.92 Å². The Balaban J connectivity index is 1.70. The normalized spacial score (nSPS) is 28.9. The number of piperazine rings is 1. The molecular formula is C14H28N2O. The lowest BCUT2D eigenvalue weighted by molar-refractivity contribution is 0.0524. The van der Waals surface area contributed by atoms with Gasteiger partial charge in [0.15, 0.2) is 0 Å². The lowest BCUT2D eigenvalue weighted by Gasteiger charge is -2.40. The largest absolute Gasteiger partial charge is 0.383 e. The minimum Gasteiger partial charge on any atom is -0.383 e. The van der Waals surface area contributed by atoms with E-state index in [4.69, 9.17) is 4.74 Å². The van der Waals surface area contributed by atoms with Crippen molar-refractivity contribution in [1.82, 2.24) is 9.80 Å². The fourth-order valence-corrected chi connectivity index (χ4v) is 3.34. The highest BCUT2D eigenvalue weighted by molar-refractivity contribution is 4.81. The molecule has 1 aliphatic carbocycles. The first-order chi connectivity index (χ1) is 8.29. The van der Waals surface area contributed by atoms with E-state index in [-0.39, 0.29) is 0 Å². The van der Waals surface area contributed by atoms with E-state index in [2.05, 4.69) is 16.7 Å². The van der Waals surface area contributed by atoms with Crippen LogP contribution in [0.1, 0.15) is 32.6 Å². The maximum atomic E-state index is 5.17. The van der Waals surface area contributed by atoms with E-state index in [9.17, 15) is 0 Å². The first-order valence-electron chi connectivity index (χ1n) is 7.25. The third kappa shape index (κ3) is 3.94. The van der Waals surface area contributed by atoms with Crippen molar-refractivity contribution in [2.75, 3.05) is 46.4 Å². The van der Waals surface area contributed by atoms with Crippen LogP contribution in [-0.2, 0) is 4.74 Å². The van der Waals surface area contributed by atoms with E-state index in [1.54, 1.807) is 7.11 Å². The Kier molecular flexibility index (Phi) is 5.26. The maximum absolute atomic E-state index is 5.17. The van der Waals surface area contributed by atoms with Crippen molar-refractivity contribution in [3.05, 3.63) is 0 Å². The Hall–Kier alpha value is -0.120. The topological polar surface area (TPSA) is 15.7 Å². The number of hydrogen-bond donors (Lipinski definition) is 0. The molecule has 0 aromatic rings. The molecule has 0 N–H and O–H groups in total. The van der Waals surface area contributed by atoms with E-state index >= 15 is 0 Å². The van der Waals surface area contributed by atoms with E-state index < -0.39 is 0 Å². The summed E-state index contributed by atoms with van der Waals surface area (Å²) in [7, 11) is 1.79. The van der Waals surface area contributed by atoms with Crippen molar-refractivity contribution in [3.63, 3.8) is 0 Å². The highest BCUT2D eigenvalue weighted by atomic mass is 16.5. The summed E-state index contributed by atoms with van der Waals surface area (Å²) in [4.78, 5) is 5.25. The average molecular weight is 240 g/mol. The number of ether oxygens (including phenoxy) is 1. The van der Waals surface area contributed by atoms with Crippen LogP contribution in [0.25, 0.3) is 0 Å². The molecule has 100 valence electrons. The van der Waals surface area contributed by atoms with Gasteiger partial charge in [-0.3, -0.25) is 4.90 Å². The molecule has 3 heteroatoms. The molecule has 3 nitrogen and oxygen atoms in total. The summed E-state index contributed by atoms with van der Waals surface area (Å²) in [5.74, 6) is 0.993. The lowest BCUT2D eigenvalue weighted by Crippen LogP contribution is -2.53. The molecule has 2 aliphatic rings. The van der Waals surface area contributed by atoms with Gasteiger partial charge in [0.1, 0.15) is 0 Å². The van der Waals surface area contributed by atoms with Crippen molar-refractivity contribution in [3.8, 4) is 0 Å². The van der Waals surface area contributed by atoms with Crippen LogP contribution in [0.2, 0.25) is 0 Å². The second kappa shape index (κ2) is 6.72. The van der Waals surface area contributed by atoms with Crippen LogP contribution in [0.3, 0.4) is 0 Å². The Labute approximate surface area is 106 Å². The summed E-state index contributed by atoms with van der Waals surface area (Å²) in [6.45, 7) is 9.39. The summed E-state index contributed by atoms with van der Waals surface area (Å²) in [5, 5.41) is 0. The molecule has 1 heterocycles. The average Bonchev–Trinajstić information content (AvgIpc) is 2.81. The second-order valence-corrected chi connectivity index (χ2v) is 5.79. The molecule has 17 heavy (non-hydrogen) atoms. The van der Waals surface area contributed by atoms with E-state index in [0.29, 0.717) is 6.04 Å². The van der Waals surface area contributed by atoms with Crippen LogP contribution < -0.4 is 0 Å². The molecule has 1 saturated heterocycles. The number of methoxy groups -OCH3 is 1. The van der Waals surface area contributed by atoms with Gasteiger partial charge in [-0.15, -0.1) is 0 Å². The van der Waals surface area contributed by atoms with Gasteiger partial charge in [0, 0.05) is 45.9 Å². The van der Waals surface area contributed by atoms with Gasteiger partial charge in [0.25, 0.3) is 0 Å². The molecule has 1 aliphatic heterocycles. The molecule has 2 rings (SSSR count). The van der Waals surface area contributed by atoms with Gasteiger partial charge in [0.05, 0.1) is 6.61 Å². The molecule has 0 radical (unpaired) electrons. The highest BCUT2D eigenvalue weighted by Gasteiger charge is 2.25. The van der Waals surface area contributed by atoms with E-state index in [1.807, 2.05) is 0 Å². The maximum Gasteiger partial charge on any atom is 0.0589 e. The van der Waals surface area contributed by atoms with Gasteiger partial charge in [-0.1, -0.05) is 12.8 Å². The SMILES string of the molecule is COCCN1CCN(CC2CCCC2)CC1C. The molecule has 1 atom stereocenters. The summed E-state index contributed by atoms with van der Waals surface area (Å²) >= 11 is 0. The summed E-state index contributed by atoms with van der Waals surface area (Å²) in [6.07, 6.45) is 5.87. The lowest BCUT2D eigenvalue weighted by atomic mass is 10.1. The smallest absolute Gasteiger partial charge is 0.0589 e. The molecule has 0 aromatic carbocycles. The van der Waals surface area contributed by atoms with Gasteiger partial charge in [-0.05, 0) is 25.7 Å². The van der Waals surface area contributed by atoms with E-state index in [0.717, 1.165) is 19.1 Å². The van der Waals surface area contributed by atoms with Gasteiger partial charge >= 0.3 is 0 Å². The number of rotatable bonds is 5. The van der Waals surface area contributed by atoms with Crippen molar-refractivity contribution in [2.45, 2.75) is 38.6 Å². The zero-order valence-electron chi connectivity index (χ0n) is 11.5. The van der Waals surface area contributed by atoms with Crippen LogP contribution >= 0.6 is 0 Å². The van der Waals surface area contributed by atoms with Gasteiger partial charge in [-0.2, -0.15) is 0 Å². The molecule has 0 aromatic heterocycles. The highest BCUT2D eigenvalue weighted by Crippen LogP contribution is 2.26. The van der Waals surface area contributed by atoms with Gasteiger partial charge in [-0.25, -0.2) is 0 Å². The molecule has 1 unspecified atom stereocenters. The molecule has 0 bridgehead atoms. The molecule has 0 amide bonds. The van der Waals surface area contributed by atoms with Crippen molar-refractivity contribution >= 4 is 0 Å². The number of hydrogen-bond acceptors (Lipinski definition) is 3. The summed E-state index contributed by atoms with van der Waals surface area (Å²) < 4.78 is 5.17. The Morgan fingerprint density at radius 1 is 1.18 bits per heavy atom. The first-order valence-corrected chi connectivity index (χ1v) is 7.25. The second-order valence-electron chi connectivity index (χ2n) is 5.79. The summed E-state index contributed by atoms with van der Waals surface area (Å²) in [6, 6.07) is 0.695. The zero-order valence-corrected chi connectivity index (χ0v) is 11.5. The monoisotopic (exact) mass is 240 g/mol. The Bertz CT molecular complexity index is 216. The minimum absolute atomic E-state index is 0.695. The van der Waals surface area contributed by atoms with Crippen LogP contribution in [0.5, 0.6) is 0 Å². The van der Waals surface area contributed by atoms with Gasteiger partial charge < -0.3 is 9.64 Å². The molecular weight excluding hydrogens is 212 g/mol. The third-order valence-corrected chi connectivity index (χ3v) is 4.42. The van der Waals surface area contributed by atoms with E-state index in [1.165, 1.54) is 51.9 Å². The third-order valence-electron chi connectivity index (χ3n) is 4.42. The quantitative estimate of drug-likeness (QED) is 0.729. The zero-order chi connectivity index (χ0) is 12.1. The predicted octanol–water partition coefficient (Wildman–Crippen LogP) is 1.83. The van der Waals surface area contributed by atoms with Crippen LogP contribution in [0, 0.1) is 5.92 Å². The Morgan fingerprint density at radius 2 is 1.94 bits per heavy atom. The fraction of sp³-hybridized carbons (Fsp3) is 1.00. The van der Waals surface area contributed by atoms with Crippen LogP contribution in [0.4, 0.5) is 0 Å². The van der Waals surface area contributed by atoms with Gasteiger partial charge in [0.2, 0.25) is 0 Å². The van der Waals surface area contributed by atoms with Crippen molar-refractivity contribution < 1.29 is 4.74 Å². The Morgan fingerprint density at radius 3 is 2.59 bits per heavy atom. The molecule has 0 spiro atoms. The van der Waals surface area contributed by atoms with Crippen LogP contribution in [-0.4, -0.2) is 62.3 Å². The fourth-order valence-electron chi connectivity index (χ4n) is 3.34. The van der Waals surface area contributed by atoms with Crippen LogP contribution in [0.15, 0.2) is 0 Å². The summed E-state index contributed by atoms with van der Waals surface area (Å²) in [5.41, 5.74) is 0. The predicted molar refractivity (Wildman–Crippen MR) is 71.3 cm³/mol. The minimum atomic E-state index is 0.695.